The van der Waals surface area contributed by atoms with Crippen LogP contribution in [-0.2, 0) is 9.59 Å². The van der Waals surface area contributed by atoms with E-state index in [1.807, 2.05) is 6.92 Å². The molecular weight excluding hydrogens is 184 g/mol. The predicted molar refractivity (Wildman–Crippen MR) is 52.8 cm³/mol. The van der Waals surface area contributed by atoms with E-state index in [2.05, 4.69) is 0 Å². The molecule has 0 aromatic heterocycles. The average molecular weight is 202 g/mol. The third kappa shape index (κ3) is 5.53. The van der Waals surface area contributed by atoms with Crippen molar-refractivity contribution in [2.75, 3.05) is 19.6 Å². The van der Waals surface area contributed by atoms with Gasteiger partial charge in [-0.15, -0.1) is 0 Å². The van der Waals surface area contributed by atoms with E-state index in [9.17, 15) is 9.59 Å². The lowest BCUT2D eigenvalue weighted by Gasteiger charge is -2.19. The zero-order valence-corrected chi connectivity index (χ0v) is 8.53. The molecule has 0 aliphatic carbocycles. The van der Waals surface area contributed by atoms with Gasteiger partial charge >= 0.3 is 5.97 Å². The minimum atomic E-state index is -0.880. The van der Waals surface area contributed by atoms with Crippen LogP contribution in [0.2, 0.25) is 0 Å². The highest BCUT2D eigenvalue weighted by Crippen LogP contribution is 1.98. The minimum Gasteiger partial charge on any atom is -0.481 e. The fourth-order valence-electron chi connectivity index (χ4n) is 1.10. The second kappa shape index (κ2) is 7.32. The van der Waals surface area contributed by atoms with Crippen LogP contribution in [-0.4, -0.2) is 41.5 Å². The van der Waals surface area contributed by atoms with Gasteiger partial charge in [0.2, 0.25) is 5.91 Å². The molecule has 1 amide bonds. The second-order valence-electron chi connectivity index (χ2n) is 3.01. The number of carbonyl (C=O) groups is 2. The number of amides is 1. The van der Waals surface area contributed by atoms with E-state index in [1.165, 1.54) is 0 Å². The quantitative estimate of drug-likeness (QED) is 0.611. The van der Waals surface area contributed by atoms with Crippen molar-refractivity contribution < 1.29 is 14.7 Å². The maximum Gasteiger partial charge on any atom is 0.305 e. The SMILES string of the molecule is CCN(CCC(=O)O)C(=O)CCCN. The van der Waals surface area contributed by atoms with Crippen molar-refractivity contribution in [3.05, 3.63) is 0 Å². The Morgan fingerprint density at radius 3 is 2.43 bits per heavy atom. The Bertz CT molecular complexity index is 194. The van der Waals surface area contributed by atoms with Gasteiger partial charge in [-0.1, -0.05) is 0 Å². The molecule has 0 atom stereocenters. The van der Waals surface area contributed by atoms with E-state index in [0.717, 1.165) is 0 Å². The summed E-state index contributed by atoms with van der Waals surface area (Å²) in [5, 5.41) is 8.46. The predicted octanol–water partition coefficient (Wildman–Crippen LogP) is 0.0485. The van der Waals surface area contributed by atoms with Crippen LogP contribution in [0, 0.1) is 0 Å². The van der Waals surface area contributed by atoms with Crippen molar-refractivity contribution in [2.24, 2.45) is 5.73 Å². The molecule has 0 aromatic carbocycles. The lowest BCUT2D eigenvalue weighted by Crippen LogP contribution is -2.32. The molecule has 0 saturated heterocycles. The first kappa shape index (κ1) is 12.9. The van der Waals surface area contributed by atoms with E-state index in [1.54, 1.807) is 4.90 Å². The average Bonchev–Trinajstić information content (AvgIpc) is 2.15. The zero-order chi connectivity index (χ0) is 11.0. The van der Waals surface area contributed by atoms with Crippen molar-refractivity contribution in [2.45, 2.75) is 26.2 Å². The van der Waals surface area contributed by atoms with Crippen molar-refractivity contribution >= 4 is 11.9 Å². The van der Waals surface area contributed by atoms with Crippen LogP contribution in [0.3, 0.4) is 0 Å². The summed E-state index contributed by atoms with van der Waals surface area (Å²) in [4.78, 5) is 23.3. The molecule has 0 rings (SSSR count). The van der Waals surface area contributed by atoms with E-state index in [0.29, 0.717) is 25.9 Å². The third-order valence-electron chi connectivity index (χ3n) is 1.92. The molecule has 5 heteroatoms. The Morgan fingerprint density at radius 1 is 1.36 bits per heavy atom. The van der Waals surface area contributed by atoms with Crippen LogP contribution in [0.1, 0.15) is 26.2 Å². The van der Waals surface area contributed by atoms with Gasteiger partial charge in [0.15, 0.2) is 0 Å². The summed E-state index contributed by atoms with van der Waals surface area (Å²) in [5.74, 6) is -0.894. The lowest BCUT2D eigenvalue weighted by atomic mass is 10.2. The fourth-order valence-corrected chi connectivity index (χ4v) is 1.10. The van der Waals surface area contributed by atoms with Crippen LogP contribution in [0.15, 0.2) is 0 Å². The fraction of sp³-hybridized carbons (Fsp3) is 0.778. The maximum atomic E-state index is 11.4. The molecule has 0 heterocycles. The second-order valence-corrected chi connectivity index (χ2v) is 3.01. The van der Waals surface area contributed by atoms with Crippen LogP contribution in [0.5, 0.6) is 0 Å². The summed E-state index contributed by atoms with van der Waals surface area (Å²) in [5.41, 5.74) is 5.28. The van der Waals surface area contributed by atoms with Crippen LogP contribution in [0.25, 0.3) is 0 Å². The summed E-state index contributed by atoms with van der Waals surface area (Å²) in [6.07, 6.45) is 1.06. The summed E-state index contributed by atoms with van der Waals surface area (Å²) in [7, 11) is 0. The number of nitrogens with two attached hydrogens (primary N) is 1. The Kier molecular flexibility index (Phi) is 6.74. The number of hydrogen-bond donors (Lipinski definition) is 2. The van der Waals surface area contributed by atoms with Gasteiger partial charge in [-0.25, -0.2) is 0 Å². The summed E-state index contributed by atoms with van der Waals surface area (Å²) < 4.78 is 0. The molecule has 0 fully saturated rings. The van der Waals surface area contributed by atoms with Crippen molar-refractivity contribution in [3.63, 3.8) is 0 Å². The first-order valence-corrected chi connectivity index (χ1v) is 4.81. The highest BCUT2D eigenvalue weighted by molar-refractivity contribution is 5.77. The molecule has 0 unspecified atom stereocenters. The van der Waals surface area contributed by atoms with Crippen LogP contribution in [0.4, 0.5) is 0 Å². The largest absolute Gasteiger partial charge is 0.481 e. The van der Waals surface area contributed by atoms with Crippen LogP contribution >= 0.6 is 0 Å². The van der Waals surface area contributed by atoms with Gasteiger partial charge in [0.1, 0.15) is 0 Å². The molecule has 5 nitrogen and oxygen atoms in total. The normalized spacial score (nSPS) is 9.86. The van der Waals surface area contributed by atoms with Crippen molar-refractivity contribution in [1.82, 2.24) is 4.90 Å². The van der Waals surface area contributed by atoms with Gasteiger partial charge in [-0.05, 0) is 19.9 Å². The minimum absolute atomic E-state index is 0.00219. The number of rotatable bonds is 7. The van der Waals surface area contributed by atoms with Crippen LogP contribution < -0.4 is 5.73 Å². The molecule has 14 heavy (non-hydrogen) atoms. The van der Waals surface area contributed by atoms with Crippen molar-refractivity contribution in [1.29, 1.82) is 0 Å². The highest BCUT2D eigenvalue weighted by Gasteiger charge is 2.11. The Labute approximate surface area is 83.9 Å². The van der Waals surface area contributed by atoms with Gasteiger partial charge in [0.25, 0.3) is 0 Å². The molecule has 0 aliphatic rings. The summed E-state index contributed by atoms with van der Waals surface area (Å²) in [6.45, 7) is 3.16. The third-order valence-corrected chi connectivity index (χ3v) is 1.92. The Hall–Kier alpha value is -1.10. The number of carboxylic acids is 1. The zero-order valence-electron chi connectivity index (χ0n) is 8.53. The molecule has 0 aromatic rings. The molecule has 0 spiro atoms. The first-order valence-electron chi connectivity index (χ1n) is 4.81. The van der Waals surface area contributed by atoms with Gasteiger partial charge in [0, 0.05) is 19.5 Å². The monoisotopic (exact) mass is 202 g/mol. The summed E-state index contributed by atoms with van der Waals surface area (Å²) in [6, 6.07) is 0. The molecule has 0 aliphatic heterocycles. The van der Waals surface area contributed by atoms with E-state index in [4.69, 9.17) is 10.8 Å². The smallest absolute Gasteiger partial charge is 0.305 e. The topological polar surface area (TPSA) is 83.6 Å². The number of aliphatic carboxylic acids is 1. The molecule has 82 valence electrons. The van der Waals surface area contributed by atoms with Crippen molar-refractivity contribution in [3.8, 4) is 0 Å². The number of hydrogen-bond acceptors (Lipinski definition) is 3. The molecule has 0 saturated carbocycles. The van der Waals surface area contributed by atoms with E-state index in [-0.39, 0.29) is 18.9 Å². The molecule has 3 N–H and O–H groups in total. The summed E-state index contributed by atoms with van der Waals surface area (Å²) >= 11 is 0. The Balaban J connectivity index is 3.86. The van der Waals surface area contributed by atoms with E-state index < -0.39 is 5.97 Å². The van der Waals surface area contributed by atoms with E-state index >= 15 is 0 Å². The van der Waals surface area contributed by atoms with Gasteiger partial charge in [-0.2, -0.15) is 0 Å². The number of carbonyl (C=O) groups excluding carboxylic acids is 1. The first-order chi connectivity index (χ1) is 6.61. The Morgan fingerprint density at radius 2 is 2.00 bits per heavy atom. The molecule has 0 radical (unpaired) electrons. The molecular formula is C9H18N2O3. The number of nitrogens with zero attached hydrogens (tertiary/aromatic N) is 1. The molecule has 0 bridgehead atoms. The maximum absolute atomic E-state index is 11.4. The van der Waals surface area contributed by atoms with Gasteiger partial charge in [-0.3, -0.25) is 9.59 Å². The van der Waals surface area contributed by atoms with Gasteiger partial charge in [0.05, 0.1) is 6.42 Å². The standard InChI is InChI=1S/C9H18N2O3/c1-2-11(7-5-9(13)14)8(12)4-3-6-10/h2-7,10H2,1H3,(H,13,14). The lowest BCUT2D eigenvalue weighted by molar-refractivity contribution is -0.138. The highest BCUT2D eigenvalue weighted by atomic mass is 16.4. The van der Waals surface area contributed by atoms with Gasteiger partial charge < -0.3 is 15.7 Å². The number of carboxylic acid groups (broad SMARTS) is 1.